The molecule has 392 valence electrons. The van der Waals surface area contributed by atoms with Gasteiger partial charge in [-0.05, 0) is 62.3 Å². The summed E-state index contributed by atoms with van der Waals surface area (Å²) >= 11 is 0. The molecule has 20 heteroatoms. The number of carbonyl (C=O) groups excluding carboxylic acids is 7. The van der Waals surface area contributed by atoms with Crippen LogP contribution < -0.4 is 31.9 Å². The molecule has 1 heterocycles. The monoisotopic (exact) mass is 1000 g/mol. The van der Waals surface area contributed by atoms with Crippen LogP contribution in [0.2, 0.25) is 0 Å². The number of aliphatic carboxylic acids is 2. The van der Waals surface area contributed by atoms with E-state index in [1.54, 1.807) is 34.0 Å². The highest BCUT2D eigenvalue weighted by molar-refractivity contribution is 6.00. The standard InChI is InChI=1S/C52H71N7O13/c1-28(2)24-40-50(67)58-44(52(70)71)32(6)46(63)56-41(26-36-17-19-37(60)20-18-36)49(66)54-38(21-16-29(3)25-30(4)42(72-10)27-35-14-12-11-13-15-35)31(5)45(62)55-39(51(68)69)22-23-43(61)59(9)34(8)48(65)53-33(7)47(64)57-40/h11-21,25,28,30-33,38-42,44,60H,8,22-24,26-27H2,1-7,9-10H3,(H,53,65)(H,54,66)(H,55,62)(H,56,63)(H,57,64)(H,58,67)(H,68,69)(H,70,71)/b21-16-,29-25+. The van der Waals surface area contributed by atoms with Crippen LogP contribution in [-0.4, -0.2) is 130 Å². The first-order chi connectivity index (χ1) is 33.8. The fraction of sp³-hybridized carbons (Fsp3) is 0.481. The van der Waals surface area contributed by atoms with Crippen molar-refractivity contribution in [2.45, 2.75) is 123 Å². The van der Waals surface area contributed by atoms with Crippen molar-refractivity contribution in [2.75, 3.05) is 14.2 Å². The Morgan fingerprint density at radius 3 is 1.94 bits per heavy atom. The lowest BCUT2D eigenvalue weighted by atomic mass is 9.94. The van der Waals surface area contributed by atoms with Crippen LogP contribution in [-0.2, 0) is 60.7 Å². The summed E-state index contributed by atoms with van der Waals surface area (Å²) in [6.07, 6.45) is 4.40. The Balaban J connectivity index is 2.15. The Hall–Kier alpha value is -7.35. The molecule has 1 aliphatic heterocycles. The summed E-state index contributed by atoms with van der Waals surface area (Å²) in [5.74, 6) is -12.5. The molecule has 0 radical (unpaired) electrons. The summed E-state index contributed by atoms with van der Waals surface area (Å²) in [7, 11) is 2.82. The molecule has 10 atom stereocenters. The SMILES string of the molecule is C=C1C(=O)NC(C)C(=O)NC(CC(C)C)C(=O)NC(C(=O)O)C(C)C(=O)NC(Cc2ccc(O)cc2)C(=O)NC(/C=C\C(C)=C\C(C)C(Cc2ccccc2)OC)C(C)C(=O)NC(C(=O)O)CCC(=O)N1C. The van der Waals surface area contributed by atoms with Crippen molar-refractivity contribution in [3.05, 3.63) is 102 Å². The van der Waals surface area contributed by atoms with E-state index in [-0.39, 0.29) is 36.5 Å². The maximum absolute atomic E-state index is 14.5. The first kappa shape index (κ1) is 59.0. The van der Waals surface area contributed by atoms with Crippen LogP contribution in [0.25, 0.3) is 0 Å². The highest BCUT2D eigenvalue weighted by Gasteiger charge is 2.37. The number of carbonyl (C=O) groups is 9. The summed E-state index contributed by atoms with van der Waals surface area (Å²) in [6, 6.07) is 6.61. The lowest BCUT2D eigenvalue weighted by Crippen LogP contribution is -2.59. The van der Waals surface area contributed by atoms with Gasteiger partial charge in [0.2, 0.25) is 35.4 Å². The number of hydrogen-bond acceptors (Lipinski definition) is 11. The fourth-order valence-electron chi connectivity index (χ4n) is 7.76. The average Bonchev–Trinajstić information content (AvgIpc) is 3.33. The molecule has 9 N–H and O–H groups in total. The van der Waals surface area contributed by atoms with Crippen molar-refractivity contribution in [3.8, 4) is 5.75 Å². The number of nitrogens with one attached hydrogen (secondary N) is 6. The van der Waals surface area contributed by atoms with Crippen LogP contribution >= 0.6 is 0 Å². The second-order valence-electron chi connectivity index (χ2n) is 18.7. The molecule has 0 spiro atoms. The van der Waals surface area contributed by atoms with Crippen molar-refractivity contribution in [3.63, 3.8) is 0 Å². The summed E-state index contributed by atoms with van der Waals surface area (Å²) < 4.78 is 5.82. The molecular formula is C52H71N7O13. The normalized spacial score (nSPS) is 25.2. The van der Waals surface area contributed by atoms with Crippen molar-refractivity contribution in [2.24, 2.45) is 23.7 Å². The van der Waals surface area contributed by atoms with Gasteiger partial charge in [0.25, 0.3) is 5.91 Å². The third-order valence-corrected chi connectivity index (χ3v) is 12.4. The number of rotatable bonds is 13. The molecule has 1 saturated heterocycles. The van der Waals surface area contributed by atoms with Gasteiger partial charge in [-0.25, -0.2) is 9.59 Å². The van der Waals surface area contributed by atoms with Crippen molar-refractivity contribution >= 4 is 53.3 Å². The highest BCUT2D eigenvalue weighted by Crippen LogP contribution is 2.19. The van der Waals surface area contributed by atoms with Crippen LogP contribution in [0.15, 0.2) is 90.7 Å². The topological polar surface area (TPSA) is 299 Å². The van der Waals surface area contributed by atoms with Gasteiger partial charge < -0.3 is 56.9 Å². The number of aromatic hydroxyl groups is 1. The van der Waals surface area contributed by atoms with Crippen molar-refractivity contribution in [1.29, 1.82) is 0 Å². The third-order valence-electron chi connectivity index (χ3n) is 12.4. The smallest absolute Gasteiger partial charge is 0.327 e. The van der Waals surface area contributed by atoms with Gasteiger partial charge in [0.15, 0.2) is 0 Å². The first-order valence-electron chi connectivity index (χ1n) is 23.8. The van der Waals surface area contributed by atoms with E-state index in [9.17, 15) is 58.5 Å². The van der Waals surface area contributed by atoms with E-state index in [0.29, 0.717) is 17.6 Å². The van der Waals surface area contributed by atoms with Crippen molar-refractivity contribution < 1.29 is 63.2 Å². The third kappa shape index (κ3) is 18.1. The zero-order valence-electron chi connectivity index (χ0n) is 42.4. The van der Waals surface area contributed by atoms with Gasteiger partial charge in [-0.2, -0.15) is 0 Å². The summed E-state index contributed by atoms with van der Waals surface area (Å²) in [5.41, 5.74) is 1.81. The van der Waals surface area contributed by atoms with Crippen LogP contribution in [0.3, 0.4) is 0 Å². The Morgan fingerprint density at radius 2 is 1.36 bits per heavy atom. The molecule has 0 saturated carbocycles. The molecule has 1 fully saturated rings. The molecule has 20 nitrogen and oxygen atoms in total. The van der Waals surface area contributed by atoms with E-state index in [1.807, 2.05) is 43.3 Å². The number of benzene rings is 2. The zero-order chi connectivity index (χ0) is 54.0. The molecule has 1 aliphatic rings. The molecule has 2 aromatic carbocycles. The van der Waals surface area contributed by atoms with Gasteiger partial charge >= 0.3 is 11.9 Å². The number of carboxylic acid groups (broad SMARTS) is 2. The Morgan fingerprint density at radius 1 is 0.764 bits per heavy atom. The second-order valence-corrected chi connectivity index (χ2v) is 18.7. The number of hydrogen-bond donors (Lipinski definition) is 9. The fourth-order valence-corrected chi connectivity index (χ4v) is 7.76. The van der Waals surface area contributed by atoms with Gasteiger partial charge in [-0.15, -0.1) is 0 Å². The van der Waals surface area contributed by atoms with E-state index in [2.05, 4.69) is 38.5 Å². The van der Waals surface area contributed by atoms with E-state index in [4.69, 9.17) is 4.74 Å². The summed E-state index contributed by atoms with van der Waals surface area (Å²) in [6.45, 7) is 14.9. The molecule has 7 amide bonds. The number of carboxylic acids is 2. The molecule has 0 aromatic heterocycles. The first-order valence-corrected chi connectivity index (χ1v) is 23.8. The minimum absolute atomic E-state index is 0.00296. The molecule has 72 heavy (non-hydrogen) atoms. The Labute approximate surface area is 420 Å². The molecule has 0 bridgehead atoms. The minimum atomic E-state index is -1.89. The van der Waals surface area contributed by atoms with Gasteiger partial charge in [0.1, 0.15) is 41.7 Å². The van der Waals surface area contributed by atoms with Crippen molar-refractivity contribution in [1.82, 2.24) is 36.8 Å². The van der Waals surface area contributed by atoms with Crippen LogP contribution in [0.5, 0.6) is 5.75 Å². The van der Waals surface area contributed by atoms with Crippen LogP contribution in [0.1, 0.15) is 78.9 Å². The highest BCUT2D eigenvalue weighted by atomic mass is 16.5. The number of phenolic OH excluding ortho intramolecular Hbond substituents is 1. The number of amides is 7. The number of likely N-dealkylation sites (N-methyl/N-ethyl adjacent to an activating group) is 1. The van der Waals surface area contributed by atoms with Gasteiger partial charge in [0, 0.05) is 32.9 Å². The quantitative estimate of drug-likeness (QED) is 0.103. The van der Waals surface area contributed by atoms with Gasteiger partial charge in [-0.1, -0.05) is 107 Å². The molecule has 0 aliphatic carbocycles. The van der Waals surface area contributed by atoms with Gasteiger partial charge in [0.05, 0.1) is 24.0 Å². The van der Waals surface area contributed by atoms with Crippen LogP contribution in [0, 0.1) is 23.7 Å². The van der Waals surface area contributed by atoms with E-state index < -0.39 is 120 Å². The van der Waals surface area contributed by atoms with E-state index in [0.717, 1.165) is 10.5 Å². The van der Waals surface area contributed by atoms with E-state index in [1.165, 1.54) is 58.2 Å². The lowest BCUT2D eigenvalue weighted by molar-refractivity contribution is -0.146. The zero-order valence-corrected chi connectivity index (χ0v) is 42.4. The number of allylic oxidation sites excluding steroid dienone is 2. The Kier molecular flexibility index (Phi) is 22.8. The van der Waals surface area contributed by atoms with Crippen LogP contribution in [0.4, 0.5) is 0 Å². The molecule has 2 aromatic rings. The van der Waals surface area contributed by atoms with E-state index >= 15 is 0 Å². The Bertz CT molecular complexity index is 2340. The molecule has 10 unspecified atom stereocenters. The predicted molar refractivity (Wildman–Crippen MR) is 266 cm³/mol. The minimum Gasteiger partial charge on any atom is -0.508 e. The average molecular weight is 1000 g/mol. The maximum Gasteiger partial charge on any atom is 0.327 e. The maximum atomic E-state index is 14.5. The molecular weight excluding hydrogens is 931 g/mol. The second kappa shape index (κ2) is 27.9. The summed E-state index contributed by atoms with van der Waals surface area (Å²) in [4.78, 5) is 123. The number of nitrogens with zero attached hydrogens (tertiary/aromatic N) is 1. The number of methoxy groups -OCH3 is 1. The lowest BCUT2D eigenvalue weighted by Gasteiger charge is -2.29. The predicted octanol–water partition coefficient (Wildman–Crippen LogP) is 2.51. The number of ether oxygens (including phenoxy) is 1. The summed E-state index contributed by atoms with van der Waals surface area (Å²) in [5, 5.41) is 45.6. The molecule has 3 rings (SSSR count). The van der Waals surface area contributed by atoms with Gasteiger partial charge in [-0.3, -0.25) is 33.6 Å². The largest absolute Gasteiger partial charge is 0.508 e. The number of phenols is 1.